The van der Waals surface area contributed by atoms with Crippen molar-refractivity contribution in [2.24, 2.45) is 0 Å². The molecule has 0 aliphatic carbocycles. The number of hydrogen-bond donors (Lipinski definition) is 2. The second-order valence-electron chi connectivity index (χ2n) is 7.13. The Morgan fingerprint density at radius 2 is 1.81 bits per heavy atom. The number of halogens is 2. The average Bonchev–Trinajstić information content (AvgIpc) is 2.97. The van der Waals surface area contributed by atoms with E-state index < -0.39 is 34.0 Å². The van der Waals surface area contributed by atoms with Crippen LogP contribution in [0.4, 0.5) is 14.5 Å². The molecule has 0 saturated heterocycles. The van der Waals surface area contributed by atoms with Gasteiger partial charge in [-0.05, 0) is 37.6 Å². The van der Waals surface area contributed by atoms with Crippen LogP contribution in [0, 0.1) is 6.92 Å². The minimum atomic E-state index is -3.80. The molecule has 31 heavy (non-hydrogen) atoms. The Bertz CT molecular complexity index is 1120. The SMILES string of the molecule is Cc1cccc(C(=O)N[C@H](CCS(C)(=O)=O)C(=O)Nc2ccc3c(c2)OC(F)(F)O3)c1. The largest absolute Gasteiger partial charge is 0.586 e. The van der Waals surface area contributed by atoms with Crippen LogP contribution in [0.2, 0.25) is 0 Å². The Kier molecular flexibility index (Phi) is 6.16. The monoisotopic (exact) mass is 454 g/mol. The molecule has 2 aromatic rings. The van der Waals surface area contributed by atoms with Crippen LogP contribution in [-0.2, 0) is 14.6 Å². The maximum atomic E-state index is 13.2. The van der Waals surface area contributed by atoms with Gasteiger partial charge < -0.3 is 20.1 Å². The quantitative estimate of drug-likeness (QED) is 0.665. The average molecular weight is 454 g/mol. The fourth-order valence-electron chi connectivity index (χ4n) is 2.88. The van der Waals surface area contributed by atoms with Crippen molar-refractivity contribution >= 4 is 27.3 Å². The number of carbonyl (C=O) groups excluding carboxylic acids is 2. The summed E-state index contributed by atoms with van der Waals surface area (Å²) in [5.74, 6) is -2.06. The van der Waals surface area contributed by atoms with E-state index in [9.17, 15) is 26.8 Å². The maximum Gasteiger partial charge on any atom is 0.586 e. The second-order valence-corrected chi connectivity index (χ2v) is 9.39. The molecule has 0 aromatic heterocycles. The van der Waals surface area contributed by atoms with Crippen LogP contribution >= 0.6 is 0 Å². The Balaban J connectivity index is 1.75. The summed E-state index contributed by atoms with van der Waals surface area (Å²) in [5.41, 5.74) is 1.25. The molecule has 1 aliphatic rings. The van der Waals surface area contributed by atoms with Crippen molar-refractivity contribution in [3.05, 3.63) is 53.6 Å². The molecule has 1 atom stereocenters. The van der Waals surface area contributed by atoms with E-state index in [1.165, 1.54) is 12.1 Å². The van der Waals surface area contributed by atoms with E-state index in [2.05, 4.69) is 20.1 Å². The van der Waals surface area contributed by atoms with Crippen LogP contribution in [0.3, 0.4) is 0 Å². The molecule has 2 aromatic carbocycles. The lowest BCUT2D eigenvalue weighted by atomic mass is 10.1. The van der Waals surface area contributed by atoms with E-state index in [1.807, 2.05) is 0 Å². The molecule has 11 heteroatoms. The highest BCUT2D eigenvalue weighted by Gasteiger charge is 2.43. The third-order valence-electron chi connectivity index (χ3n) is 4.35. The normalized spacial score (nSPS) is 15.2. The summed E-state index contributed by atoms with van der Waals surface area (Å²) in [7, 11) is -3.40. The zero-order valence-electron chi connectivity index (χ0n) is 16.6. The Morgan fingerprint density at radius 1 is 1.10 bits per heavy atom. The number of sulfone groups is 1. The van der Waals surface area contributed by atoms with E-state index in [4.69, 9.17) is 0 Å². The minimum absolute atomic E-state index is 0.110. The number of rotatable bonds is 7. The number of benzene rings is 2. The van der Waals surface area contributed by atoms with Gasteiger partial charge in [-0.3, -0.25) is 9.59 Å². The number of amides is 2. The van der Waals surface area contributed by atoms with Gasteiger partial charge in [0.1, 0.15) is 15.9 Å². The molecule has 0 spiro atoms. The molecule has 0 bridgehead atoms. The first kappa shape index (κ1) is 22.5. The Labute approximate surface area is 177 Å². The van der Waals surface area contributed by atoms with Gasteiger partial charge >= 0.3 is 6.29 Å². The number of fused-ring (bicyclic) bond motifs is 1. The fraction of sp³-hybridized carbons (Fsp3) is 0.300. The minimum Gasteiger partial charge on any atom is -0.395 e. The van der Waals surface area contributed by atoms with Gasteiger partial charge in [0, 0.05) is 23.6 Å². The molecule has 1 aliphatic heterocycles. The van der Waals surface area contributed by atoms with Gasteiger partial charge in [0.25, 0.3) is 5.91 Å². The van der Waals surface area contributed by atoms with Crippen LogP contribution in [0.25, 0.3) is 0 Å². The molecule has 0 fully saturated rings. The summed E-state index contributed by atoms with van der Waals surface area (Å²) >= 11 is 0. The highest BCUT2D eigenvalue weighted by Crippen LogP contribution is 2.42. The summed E-state index contributed by atoms with van der Waals surface area (Å²) in [6.45, 7) is 1.80. The van der Waals surface area contributed by atoms with Gasteiger partial charge in [0.15, 0.2) is 11.5 Å². The van der Waals surface area contributed by atoms with Crippen molar-refractivity contribution in [3.8, 4) is 11.5 Å². The number of nitrogens with one attached hydrogen (secondary N) is 2. The van der Waals surface area contributed by atoms with Gasteiger partial charge in [0.05, 0.1) is 5.75 Å². The molecule has 1 heterocycles. The maximum absolute atomic E-state index is 13.2. The van der Waals surface area contributed by atoms with Crippen molar-refractivity contribution in [2.75, 3.05) is 17.3 Å². The lowest BCUT2D eigenvalue weighted by molar-refractivity contribution is -0.286. The molecular weight excluding hydrogens is 434 g/mol. The molecule has 166 valence electrons. The smallest absolute Gasteiger partial charge is 0.395 e. The van der Waals surface area contributed by atoms with Crippen LogP contribution in [0.15, 0.2) is 42.5 Å². The number of hydrogen-bond acceptors (Lipinski definition) is 6. The number of aryl methyl sites for hydroxylation is 1. The van der Waals surface area contributed by atoms with Crippen molar-refractivity contribution in [3.63, 3.8) is 0 Å². The molecule has 8 nitrogen and oxygen atoms in total. The van der Waals surface area contributed by atoms with Gasteiger partial charge in [-0.25, -0.2) is 8.42 Å². The van der Waals surface area contributed by atoms with E-state index >= 15 is 0 Å². The third kappa shape index (κ3) is 6.14. The highest BCUT2D eigenvalue weighted by atomic mass is 32.2. The van der Waals surface area contributed by atoms with Gasteiger partial charge in [-0.15, -0.1) is 8.78 Å². The Hall–Kier alpha value is -3.21. The first-order chi connectivity index (χ1) is 14.4. The summed E-state index contributed by atoms with van der Waals surface area (Å²) in [4.78, 5) is 25.3. The van der Waals surface area contributed by atoms with Crippen molar-refractivity contribution in [1.82, 2.24) is 5.32 Å². The second kappa shape index (κ2) is 8.50. The van der Waals surface area contributed by atoms with Crippen LogP contribution in [-0.4, -0.2) is 44.6 Å². The van der Waals surface area contributed by atoms with Gasteiger partial charge in [-0.1, -0.05) is 17.7 Å². The molecule has 0 unspecified atom stereocenters. The lowest BCUT2D eigenvalue weighted by Gasteiger charge is -2.18. The standard InChI is InChI=1S/C20H20F2N2O6S/c1-12-4-3-5-13(10-12)18(25)24-15(8-9-31(2,27)28)19(26)23-14-6-7-16-17(11-14)30-20(21,22)29-16/h3-7,10-11,15H,8-9H2,1-2H3,(H,23,26)(H,24,25)/t15-/m1/s1. The van der Waals surface area contributed by atoms with E-state index in [-0.39, 0.29) is 29.4 Å². The summed E-state index contributed by atoms with van der Waals surface area (Å²) in [5, 5.41) is 5.00. The number of alkyl halides is 2. The molecule has 3 rings (SSSR count). The molecular formula is C20H20F2N2O6S. The van der Waals surface area contributed by atoms with Crippen LogP contribution in [0.5, 0.6) is 11.5 Å². The van der Waals surface area contributed by atoms with E-state index in [0.717, 1.165) is 17.9 Å². The number of ether oxygens (including phenoxy) is 2. The van der Waals surface area contributed by atoms with E-state index in [0.29, 0.717) is 5.56 Å². The van der Waals surface area contributed by atoms with Gasteiger partial charge in [-0.2, -0.15) is 0 Å². The Morgan fingerprint density at radius 3 is 2.48 bits per heavy atom. The first-order valence-corrected chi connectivity index (χ1v) is 11.2. The van der Waals surface area contributed by atoms with Crippen molar-refractivity contribution < 1.29 is 36.3 Å². The van der Waals surface area contributed by atoms with Crippen molar-refractivity contribution in [2.45, 2.75) is 25.7 Å². The third-order valence-corrected chi connectivity index (χ3v) is 5.33. The molecule has 2 N–H and O–H groups in total. The lowest BCUT2D eigenvalue weighted by Crippen LogP contribution is -2.44. The number of anilines is 1. The first-order valence-electron chi connectivity index (χ1n) is 9.18. The molecule has 0 radical (unpaired) electrons. The number of carbonyl (C=O) groups is 2. The van der Waals surface area contributed by atoms with Crippen molar-refractivity contribution in [1.29, 1.82) is 0 Å². The van der Waals surface area contributed by atoms with E-state index in [1.54, 1.807) is 31.2 Å². The summed E-state index contributed by atoms with van der Waals surface area (Å²) < 4.78 is 58.1. The van der Waals surface area contributed by atoms with Gasteiger partial charge in [0.2, 0.25) is 5.91 Å². The van der Waals surface area contributed by atoms with Crippen LogP contribution in [0.1, 0.15) is 22.3 Å². The summed E-state index contributed by atoms with van der Waals surface area (Å²) in [6, 6.07) is 9.13. The summed E-state index contributed by atoms with van der Waals surface area (Å²) in [6.07, 6.45) is -2.96. The zero-order chi connectivity index (χ0) is 22.8. The topological polar surface area (TPSA) is 111 Å². The highest BCUT2D eigenvalue weighted by molar-refractivity contribution is 7.90. The predicted molar refractivity (Wildman–Crippen MR) is 108 cm³/mol. The predicted octanol–water partition coefficient (Wildman–Crippen LogP) is 2.49. The van der Waals surface area contributed by atoms with Crippen LogP contribution < -0.4 is 20.1 Å². The molecule has 2 amide bonds. The molecule has 0 saturated carbocycles. The fourth-order valence-corrected chi connectivity index (χ4v) is 3.55. The zero-order valence-corrected chi connectivity index (χ0v) is 17.5.